The largest absolute Gasteiger partial charge is 0.494 e. The van der Waals surface area contributed by atoms with Crippen molar-refractivity contribution in [2.75, 3.05) is 6.61 Å². The molecule has 0 aliphatic carbocycles. The molecule has 0 unspecified atom stereocenters. The second-order valence-corrected chi connectivity index (χ2v) is 5.83. The van der Waals surface area contributed by atoms with E-state index in [1.165, 1.54) is 12.1 Å². The average molecular weight is 336 g/mol. The van der Waals surface area contributed by atoms with Crippen LogP contribution in [-0.4, -0.2) is 17.4 Å². The van der Waals surface area contributed by atoms with Gasteiger partial charge in [-0.1, -0.05) is 6.07 Å². The molecule has 3 aromatic rings. The van der Waals surface area contributed by atoms with E-state index in [0.717, 1.165) is 34.1 Å². The fraction of sp³-hybridized carbons (Fsp3) is 0.190. The summed E-state index contributed by atoms with van der Waals surface area (Å²) < 4.78 is 20.8. The fourth-order valence-corrected chi connectivity index (χ4v) is 2.87. The van der Waals surface area contributed by atoms with E-state index < -0.39 is 0 Å². The van der Waals surface area contributed by atoms with Gasteiger partial charge in [0.25, 0.3) is 0 Å². The molecule has 1 heterocycles. The third kappa shape index (κ3) is 3.79. The van der Waals surface area contributed by atoms with Crippen LogP contribution >= 0.6 is 0 Å². The number of benzene rings is 2. The van der Waals surface area contributed by atoms with Gasteiger partial charge in [0, 0.05) is 34.9 Å². The van der Waals surface area contributed by atoms with E-state index in [4.69, 9.17) is 4.74 Å². The van der Waals surface area contributed by atoms with E-state index in [9.17, 15) is 4.39 Å². The first-order valence-corrected chi connectivity index (χ1v) is 8.30. The molecule has 0 bridgehead atoms. The average Bonchev–Trinajstić information content (AvgIpc) is 2.89. The van der Waals surface area contributed by atoms with Crippen molar-refractivity contribution in [3.63, 3.8) is 0 Å². The summed E-state index contributed by atoms with van der Waals surface area (Å²) in [5, 5.41) is 0. The van der Waals surface area contributed by atoms with Crippen LogP contribution in [0.2, 0.25) is 0 Å². The third-order valence-electron chi connectivity index (χ3n) is 4.04. The highest BCUT2D eigenvalue weighted by Gasteiger charge is 2.09. The molecule has 2 aromatic carbocycles. The SMILES string of the molecule is CCOc1cccc(N=Cc2cc(C)n(-c3ccc(F)cc3)c2C)c1. The predicted molar refractivity (Wildman–Crippen MR) is 100 cm³/mol. The molecule has 0 spiro atoms. The van der Waals surface area contributed by atoms with Gasteiger partial charge in [-0.15, -0.1) is 0 Å². The van der Waals surface area contributed by atoms with Crippen molar-refractivity contribution in [1.29, 1.82) is 0 Å². The Morgan fingerprint density at radius 1 is 1.08 bits per heavy atom. The second kappa shape index (κ2) is 7.34. The molecule has 0 atom stereocenters. The summed E-state index contributed by atoms with van der Waals surface area (Å²) in [6, 6.07) is 16.3. The first kappa shape index (κ1) is 17.0. The number of hydrogen-bond donors (Lipinski definition) is 0. The predicted octanol–water partition coefficient (Wildman–Crippen LogP) is 5.38. The molecule has 0 saturated carbocycles. The molecule has 0 radical (unpaired) electrons. The van der Waals surface area contributed by atoms with Crippen LogP contribution in [0.15, 0.2) is 59.6 Å². The number of rotatable bonds is 5. The third-order valence-corrected chi connectivity index (χ3v) is 4.04. The Bertz CT molecular complexity index is 895. The first-order chi connectivity index (χ1) is 12.1. The van der Waals surface area contributed by atoms with Gasteiger partial charge in [-0.2, -0.15) is 0 Å². The van der Waals surface area contributed by atoms with Crippen molar-refractivity contribution >= 4 is 11.9 Å². The molecular weight excluding hydrogens is 315 g/mol. The van der Waals surface area contributed by atoms with E-state index in [1.807, 2.05) is 51.3 Å². The summed E-state index contributed by atoms with van der Waals surface area (Å²) in [5.41, 5.74) is 4.96. The summed E-state index contributed by atoms with van der Waals surface area (Å²) >= 11 is 0. The van der Waals surface area contributed by atoms with Crippen LogP contribution < -0.4 is 4.74 Å². The molecule has 0 fully saturated rings. The normalized spacial score (nSPS) is 11.2. The van der Waals surface area contributed by atoms with Crippen molar-refractivity contribution < 1.29 is 9.13 Å². The minimum Gasteiger partial charge on any atom is -0.494 e. The Kier molecular flexibility index (Phi) is 4.98. The van der Waals surface area contributed by atoms with Crippen molar-refractivity contribution in [3.8, 4) is 11.4 Å². The van der Waals surface area contributed by atoms with Gasteiger partial charge in [-0.3, -0.25) is 4.99 Å². The summed E-state index contributed by atoms with van der Waals surface area (Å²) in [6.07, 6.45) is 1.85. The molecule has 0 aliphatic heterocycles. The molecule has 3 nitrogen and oxygen atoms in total. The van der Waals surface area contributed by atoms with Gasteiger partial charge in [0.15, 0.2) is 0 Å². The Labute approximate surface area is 147 Å². The summed E-state index contributed by atoms with van der Waals surface area (Å²) in [7, 11) is 0. The Morgan fingerprint density at radius 3 is 2.56 bits per heavy atom. The van der Waals surface area contributed by atoms with Crippen molar-refractivity contribution in [2.24, 2.45) is 4.99 Å². The lowest BCUT2D eigenvalue weighted by Crippen LogP contribution is -1.99. The number of aromatic nitrogens is 1. The van der Waals surface area contributed by atoms with Crippen LogP contribution in [0.5, 0.6) is 5.75 Å². The number of aryl methyl sites for hydroxylation is 1. The molecule has 3 rings (SSSR count). The van der Waals surface area contributed by atoms with E-state index in [2.05, 4.69) is 15.6 Å². The molecular formula is C21H21FN2O. The zero-order chi connectivity index (χ0) is 17.8. The molecule has 1 aromatic heterocycles. The van der Waals surface area contributed by atoms with E-state index in [1.54, 1.807) is 12.1 Å². The van der Waals surface area contributed by atoms with Gasteiger partial charge in [0.2, 0.25) is 0 Å². The maximum atomic E-state index is 13.2. The number of hydrogen-bond acceptors (Lipinski definition) is 2. The van der Waals surface area contributed by atoms with Crippen LogP contribution in [0, 0.1) is 19.7 Å². The van der Waals surface area contributed by atoms with Gasteiger partial charge in [-0.05, 0) is 63.2 Å². The molecule has 0 amide bonds. The topological polar surface area (TPSA) is 26.5 Å². The van der Waals surface area contributed by atoms with E-state index in [0.29, 0.717) is 6.61 Å². The van der Waals surface area contributed by atoms with E-state index in [-0.39, 0.29) is 5.82 Å². The van der Waals surface area contributed by atoms with Gasteiger partial charge in [0.05, 0.1) is 12.3 Å². The zero-order valence-electron chi connectivity index (χ0n) is 14.7. The Morgan fingerprint density at radius 2 is 1.84 bits per heavy atom. The summed E-state index contributed by atoms with van der Waals surface area (Å²) in [5.74, 6) is 0.580. The number of ether oxygens (including phenoxy) is 1. The highest BCUT2D eigenvalue weighted by atomic mass is 19.1. The number of halogens is 1. The maximum absolute atomic E-state index is 13.2. The van der Waals surface area contributed by atoms with Gasteiger partial charge in [-0.25, -0.2) is 4.39 Å². The van der Waals surface area contributed by atoms with Crippen LogP contribution in [0.1, 0.15) is 23.9 Å². The van der Waals surface area contributed by atoms with Gasteiger partial charge >= 0.3 is 0 Å². The lowest BCUT2D eigenvalue weighted by atomic mass is 10.2. The summed E-state index contributed by atoms with van der Waals surface area (Å²) in [6.45, 7) is 6.66. The summed E-state index contributed by atoms with van der Waals surface area (Å²) in [4.78, 5) is 4.56. The molecule has 4 heteroatoms. The van der Waals surface area contributed by atoms with Crippen LogP contribution in [-0.2, 0) is 0 Å². The first-order valence-electron chi connectivity index (χ1n) is 8.30. The van der Waals surface area contributed by atoms with Crippen molar-refractivity contribution in [2.45, 2.75) is 20.8 Å². The van der Waals surface area contributed by atoms with E-state index >= 15 is 0 Å². The minimum atomic E-state index is -0.234. The maximum Gasteiger partial charge on any atom is 0.123 e. The number of aliphatic imine (C=N–C) groups is 1. The molecule has 0 N–H and O–H groups in total. The minimum absolute atomic E-state index is 0.234. The standard InChI is InChI=1S/C21H21FN2O/c1-4-25-21-7-5-6-19(13-21)23-14-17-12-15(2)24(16(17)3)20-10-8-18(22)9-11-20/h5-14H,4H2,1-3H3. The monoisotopic (exact) mass is 336 g/mol. The molecule has 128 valence electrons. The zero-order valence-corrected chi connectivity index (χ0v) is 14.7. The number of nitrogens with zero attached hydrogens (tertiary/aromatic N) is 2. The lowest BCUT2D eigenvalue weighted by molar-refractivity contribution is 0.340. The quantitative estimate of drug-likeness (QED) is 0.574. The smallest absolute Gasteiger partial charge is 0.123 e. The van der Waals surface area contributed by atoms with Crippen molar-refractivity contribution in [1.82, 2.24) is 4.57 Å². The van der Waals surface area contributed by atoms with Crippen LogP contribution in [0.25, 0.3) is 5.69 Å². The van der Waals surface area contributed by atoms with Gasteiger partial charge in [0.1, 0.15) is 11.6 Å². The highest BCUT2D eigenvalue weighted by molar-refractivity contribution is 5.84. The molecule has 25 heavy (non-hydrogen) atoms. The molecule has 0 saturated heterocycles. The highest BCUT2D eigenvalue weighted by Crippen LogP contribution is 2.23. The van der Waals surface area contributed by atoms with Crippen LogP contribution in [0.4, 0.5) is 10.1 Å². The lowest BCUT2D eigenvalue weighted by Gasteiger charge is -2.09. The van der Waals surface area contributed by atoms with Crippen molar-refractivity contribution in [3.05, 3.63) is 77.4 Å². The second-order valence-electron chi connectivity index (χ2n) is 5.83. The van der Waals surface area contributed by atoms with Crippen LogP contribution in [0.3, 0.4) is 0 Å². The Balaban J connectivity index is 1.90. The Hall–Kier alpha value is -2.88. The van der Waals surface area contributed by atoms with Gasteiger partial charge < -0.3 is 9.30 Å². The molecule has 0 aliphatic rings. The fourth-order valence-electron chi connectivity index (χ4n) is 2.87.